The number of nitrogens with zero attached hydrogens (tertiary/aromatic N) is 1. The molecular formula is C18H28ClFN2O3S. The van der Waals surface area contributed by atoms with Gasteiger partial charge in [0.2, 0.25) is 5.91 Å². The summed E-state index contributed by atoms with van der Waals surface area (Å²) in [6.45, 7) is 3.88. The average Bonchev–Trinajstić information content (AvgIpc) is 2.57. The molecule has 0 aromatic heterocycles. The predicted molar refractivity (Wildman–Crippen MR) is 104 cm³/mol. The second-order valence-corrected chi connectivity index (χ2v) is 9.01. The molecular weight excluding hydrogens is 379 g/mol. The fourth-order valence-electron chi connectivity index (χ4n) is 3.40. The molecule has 1 fully saturated rings. The zero-order valence-corrected chi connectivity index (χ0v) is 17.0. The molecule has 0 bridgehead atoms. The summed E-state index contributed by atoms with van der Waals surface area (Å²) >= 11 is 0. The van der Waals surface area contributed by atoms with E-state index in [1.54, 1.807) is 11.0 Å². The normalized spacial score (nSPS) is 16.6. The van der Waals surface area contributed by atoms with Crippen molar-refractivity contribution in [3.63, 3.8) is 0 Å². The Bertz CT molecular complexity index is 706. The number of halogens is 2. The zero-order valence-electron chi connectivity index (χ0n) is 15.3. The van der Waals surface area contributed by atoms with Gasteiger partial charge in [0.05, 0.1) is 0 Å². The first-order valence-electron chi connectivity index (χ1n) is 8.74. The van der Waals surface area contributed by atoms with Crippen molar-refractivity contribution in [3.8, 4) is 0 Å². The van der Waals surface area contributed by atoms with Crippen molar-refractivity contribution in [1.82, 2.24) is 10.2 Å². The van der Waals surface area contributed by atoms with Crippen molar-refractivity contribution in [2.45, 2.75) is 37.4 Å². The van der Waals surface area contributed by atoms with Crippen molar-refractivity contribution in [2.24, 2.45) is 0 Å². The van der Waals surface area contributed by atoms with Crippen LogP contribution in [0.4, 0.5) is 4.39 Å². The topological polar surface area (TPSA) is 66.5 Å². The molecule has 0 unspecified atom stereocenters. The molecule has 1 aromatic carbocycles. The summed E-state index contributed by atoms with van der Waals surface area (Å²) < 4.78 is 36.9. The highest BCUT2D eigenvalue weighted by Gasteiger charge is 2.50. The number of benzene rings is 1. The molecule has 1 aliphatic rings. The molecule has 0 radical (unpaired) electrons. The van der Waals surface area contributed by atoms with E-state index in [4.69, 9.17) is 0 Å². The molecule has 8 heteroatoms. The van der Waals surface area contributed by atoms with Gasteiger partial charge in [-0.25, -0.2) is 12.8 Å². The smallest absolute Gasteiger partial charge is 0.244 e. The molecule has 0 spiro atoms. The number of piperidine rings is 1. The Morgan fingerprint density at radius 1 is 1.27 bits per heavy atom. The Morgan fingerprint density at radius 3 is 2.46 bits per heavy atom. The fraction of sp³-hybridized carbons (Fsp3) is 0.611. The third-order valence-corrected chi connectivity index (χ3v) is 6.85. The van der Waals surface area contributed by atoms with Crippen LogP contribution in [0, 0.1) is 5.82 Å². The zero-order chi connectivity index (χ0) is 18.5. The SMILES string of the molecule is CCCN(CCc1cccc(F)c1)C(=O)C1(S(C)(=O)=O)CCNCC1.Cl. The molecule has 0 saturated carbocycles. The van der Waals surface area contributed by atoms with Crippen LogP contribution >= 0.6 is 12.4 Å². The monoisotopic (exact) mass is 406 g/mol. The molecule has 5 nitrogen and oxygen atoms in total. The highest BCUT2D eigenvalue weighted by Crippen LogP contribution is 2.30. The maximum Gasteiger partial charge on any atom is 0.244 e. The largest absolute Gasteiger partial charge is 0.341 e. The van der Waals surface area contributed by atoms with Gasteiger partial charge >= 0.3 is 0 Å². The van der Waals surface area contributed by atoms with Gasteiger partial charge in [-0.2, -0.15) is 0 Å². The number of amides is 1. The number of nitrogens with one attached hydrogen (secondary N) is 1. The lowest BCUT2D eigenvalue weighted by atomic mass is 9.94. The van der Waals surface area contributed by atoms with E-state index in [0.29, 0.717) is 45.4 Å². The van der Waals surface area contributed by atoms with Crippen molar-refractivity contribution >= 4 is 28.2 Å². The highest BCUT2D eigenvalue weighted by atomic mass is 35.5. The fourth-order valence-corrected chi connectivity index (χ4v) is 4.80. The number of rotatable bonds is 7. The summed E-state index contributed by atoms with van der Waals surface area (Å²) in [6.07, 6.45) is 3.00. The van der Waals surface area contributed by atoms with Crippen LogP contribution in [0.25, 0.3) is 0 Å². The van der Waals surface area contributed by atoms with E-state index in [9.17, 15) is 17.6 Å². The van der Waals surface area contributed by atoms with E-state index < -0.39 is 14.6 Å². The second-order valence-electron chi connectivity index (χ2n) is 6.69. The first-order valence-corrected chi connectivity index (χ1v) is 10.6. The van der Waals surface area contributed by atoms with Crippen LogP contribution in [-0.2, 0) is 21.1 Å². The van der Waals surface area contributed by atoms with Crippen molar-refractivity contribution in [2.75, 3.05) is 32.4 Å². The molecule has 1 N–H and O–H groups in total. The Kier molecular flexibility index (Phi) is 8.50. The lowest BCUT2D eigenvalue weighted by Gasteiger charge is -2.38. The lowest BCUT2D eigenvalue weighted by molar-refractivity contribution is -0.134. The third kappa shape index (κ3) is 5.18. The van der Waals surface area contributed by atoms with Crippen LogP contribution in [0.1, 0.15) is 31.7 Å². The van der Waals surface area contributed by atoms with Gasteiger partial charge in [0.1, 0.15) is 5.82 Å². The number of carbonyl (C=O) groups excluding carboxylic acids is 1. The molecule has 26 heavy (non-hydrogen) atoms. The van der Waals surface area contributed by atoms with Gasteiger partial charge in [-0.15, -0.1) is 12.4 Å². The second kappa shape index (κ2) is 9.67. The molecule has 0 aliphatic carbocycles. The predicted octanol–water partition coefficient (Wildman–Crippen LogP) is 2.20. The molecule has 1 aromatic rings. The minimum atomic E-state index is -3.53. The molecule has 1 saturated heterocycles. The Balaban J connectivity index is 0.00000338. The Labute approximate surface area is 161 Å². The van der Waals surface area contributed by atoms with E-state index in [-0.39, 0.29) is 24.1 Å². The minimum absolute atomic E-state index is 0. The number of hydrogen-bond acceptors (Lipinski definition) is 4. The van der Waals surface area contributed by atoms with Crippen molar-refractivity contribution in [1.29, 1.82) is 0 Å². The van der Waals surface area contributed by atoms with Gasteiger partial charge in [0, 0.05) is 19.3 Å². The maximum absolute atomic E-state index is 13.3. The molecule has 1 amide bonds. The molecule has 0 atom stereocenters. The number of carbonyl (C=O) groups is 1. The van der Waals surface area contributed by atoms with Crippen LogP contribution < -0.4 is 5.32 Å². The number of hydrogen-bond donors (Lipinski definition) is 1. The molecule has 2 rings (SSSR count). The van der Waals surface area contributed by atoms with Crippen LogP contribution in [0.2, 0.25) is 0 Å². The van der Waals surface area contributed by atoms with Crippen molar-refractivity contribution < 1.29 is 17.6 Å². The third-order valence-electron chi connectivity index (χ3n) is 4.85. The van der Waals surface area contributed by atoms with Gasteiger partial charge in [0.25, 0.3) is 0 Å². The summed E-state index contributed by atoms with van der Waals surface area (Å²) in [4.78, 5) is 14.8. The van der Waals surface area contributed by atoms with E-state index >= 15 is 0 Å². The highest BCUT2D eigenvalue weighted by molar-refractivity contribution is 7.92. The van der Waals surface area contributed by atoms with Gasteiger partial charge in [-0.1, -0.05) is 19.1 Å². The summed E-state index contributed by atoms with van der Waals surface area (Å²) in [5.74, 6) is -0.619. The standard InChI is InChI=1S/C18H27FN2O3S.ClH/c1-3-12-21(13-7-15-5-4-6-16(19)14-15)17(22)18(25(2,23)24)8-10-20-11-9-18;/h4-6,14,20H,3,7-13H2,1-2H3;1H. The van der Waals surface area contributed by atoms with E-state index in [1.807, 2.05) is 13.0 Å². The van der Waals surface area contributed by atoms with Gasteiger partial charge in [-0.05, 0) is 56.5 Å². The quantitative estimate of drug-likeness (QED) is 0.753. The number of sulfone groups is 1. The maximum atomic E-state index is 13.3. The van der Waals surface area contributed by atoms with E-state index in [1.165, 1.54) is 12.1 Å². The van der Waals surface area contributed by atoms with E-state index in [0.717, 1.165) is 18.2 Å². The molecule has 1 aliphatic heterocycles. The first-order chi connectivity index (χ1) is 11.8. The van der Waals surface area contributed by atoms with Crippen LogP contribution in [0.15, 0.2) is 24.3 Å². The minimum Gasteiger partial charge on any atom is -0.341 e. The first kappa shape index (κ1) is 22.9. The molecule has 148 valence electrons. The van der Waals surface area contributed by atoms with Gasteiger partial charge < -0.3 is 10.2 Å². The van der Waals surface area contributed by atoms with Gasteiger partial charge in [0.15, 0.2) is 14.6 Å². The average molecular weight is 407 g/mol. The van der Waals surface area contributed by atoms with Gasteiger partial charge in [-0.3, -0.25) is 4.79 Å². The summed E-state index contributed by atoms with van der Waals surface area (Å²) in [5.41, 5.74) is 0.799. The lowest BCUT2D eigenvalue weighted by Crippen LogP contribution is -2.58. The summed E-state index contributed by atoms with van der Waals surface area (Å²) in [7, 11) is -3.53. The van der Waals surface area contributed by atoms with Crippen molar-refractivity contribution in [3.05, 3.63) is 35.6 Å². The van der Waals surface area contributed by atoms with Crippen LogP contribution in [-0.4, -0.2) is 56.4 Å². The Hall–Kier alpha value is -1.18. The van der Waals surface area contributed by atoms with Crippen LogP contribution in [0.5, 0.6) is 0 Å². The summed E-state index contributed by atoms with van der Waals surface area (Å²) in [5, 5.41) is 3.12. The van der Waals surface area contributed by atoms with E-state index in [2.05, 4.69) is 5.32 Å². The van der Waals surface area contributed by atoms with Crippen LogP contribution in [0.3, 0.4) is 0 Å². The Morgan fingerprint density at radius 2 is 1.92 bits per heavy atom. The summed E-state index contributed by atoms with van der Waals surface area (Å²) in [6, 6.07) is 6.29. The molecule has 1 heterocycles.